The van der Waals surface area contributed by atoms with Gasteiger partial charge in [0.15, 0.2) is 11.3 Å². The molecule has 3 aromatic heterocycles. The van der Waals surface area contributed by atoms with Crippen LogP contribution in [0.15, 0.2) is 42.9 Å². The second-order valence-electron chi connectivity index (χ2n) is 7.12. The van der Waals surface area contributed by atoms with Gasteiger partial charge in [-0.3, -0.25) is 9.38 Å². The summed E-state index contributed by atoms with van der Waals surface area (Å²) < 4.78 is 48.5. The molecule has 5 rings (SSSR count). The number of benzene rings is 1. The van der Waals surface area contributed by atoms with Gasteiger partial charge in [0.2, 0.25) is 5.95 Å². The zero-order valence-corrected chi connectivity index (χ0v) is 16.5. The molecule has 0 saturated heterocycles. The number of imidazole rings is 1. The highest BCUT2D eigenvalue weighted by Gasteiger charge is 2.22. The van der Waals surface area contributed by atoms with E-state index in [0.29, 0.717) is 29.9 Å². The summed E-state index contributed by atoms with van der Waals surface area (Å²) in [5.74, 6) is 0.577. The van der Waals surface area contributed by atoms with Crippen molar-refractivity contribution in [2.45, 2.75) is 19.4 Å². The highest BCUT2D eigenvalue weighted by molar-refractivity contribution is 5.80. The van der Waals surface area contributed by atoms with E-state index in [1.807, 2.05) is 6.07 Å². The van der Waals surface area contributed by atoms with Gasteiger partial charge in [-0.2, -0.15) is 5.26 Å². The number of nitrogens with zero attached hydrogens (tertiary/aromatic N) is 5. The summed E-state index contributed by atoms with van der Waals surface area (Å²) in [7, 11) is 0. The molecule has 160 valence electrons. The Labute approximate surface area is 180 Å². The Kier molecular flexibility index (Phi) is 4.86. The highest BCUT2D eigenvalue weighted by Crippen LogP contribution is 2.33. The van der Waals surface area contributed by atoms with Crippen molar-refractivity contribution in [2.24, 2.45) is 0 Å². The van der Waals surface area contributed by atoms with Gasteiger partial charge in [-0.05, 0) is 18.2 Å². The summed E-state index contributed by atoms with van der Waals surface area (Å²) in [5, 5.41) is 12.4. The van der Waals surface area contributed by atoms with Gasteiger partial charge in [-0.1, -0.05) is 6.07 Å². The fourth-order valence-electron chi connectivity index (χ4n) is 3.85. The molecule has 7 nitrogen and oxygen atoms in total. The zero-order valence-electron chi connectivity index (χ0n) is 16.5. The minimum Gasteiger partial charge on any atom is -0.493 e. The molecule has 10 heteroatoms. The fourth-order valence-corrected chi connectivity index (χ4v) is 3.85. The molecule has 0 aliphatic carbocycles. The molecule has 32 heavy (non-hydrogen) atoms. The third-order valence-electron chi connectivity index (χ3n) is 5.30. The van der Waals surface area contributed by atoms with Crippen molar-refractivity contribution >= 4 is 11.6 Å². The average Bonchev–Trinajstić information content (AvgIpc) is 3.45. The monoisotopic (exact) mass is 436 g/mol. The van der Waals surface area contributed by atoms with Gasteiger partial charge in [-0.15, -0.1) is 0 Å². The molecule has 0 spiro atoms. The van der Waals surface area contributed by atoms with E-state index in [4.69, 9.17) is 4.74 Å². The highest BCUT2D eigenvalue weighted by atomic mass is 19.3. The van der Waals surface area contributed by atoms with Crippen LogP contribution in [0.5, 0.6) is 5.75 Å². The minimum atomic E-state index is -2.79. The lowest BCUT2D eigenvalue weighted by atomic mass is 10.0. The molecule has 0 bridgehead atoms. The van der Waals surface area contributed by atoms with Crippen molar-refractivity contribution in [1.82, 2.24) is 19.4 Å². The lowest BCUT2D eigenvalue weighted by Crippen LogP contribution is -2.10. The number of anilines is 1. The van der Waals surface area contributed by atoms with Crippen LogP contribution in [0.2, 0.25) is 0 Å². The van der Waals surface area contributed by atoms with Gasteiger partial charge in [-0.25, -0.2) is 23.1 Å². The van der Waals surface area contributed by atoms with Crippen LogP contribution in [-0.2, 0) is 13.0 Å². The Hall–Kier alpha value is -4.13. The lowest BCUT2D eigenvalue weighted by Gasteiger charge is -2.14. The van der Waals surface area contributed by atoms with Gasteiger partial charge < -0.3 is 10.1 Å². The van der Waals surface area contributed by atoms with Crippen LogP contribution in [-0.4, -0.2) is 26.0 Å². The fraction of sp³-hybridized carbons (Fsp3) is 0.182. The van der Waals surface area contributed by atoms with Crippen LogP contribution >= 0.6 is 0 Å². The van der Waals surface area contributed by atoms with E-state index in [1.54, 1.807) is 12.1 Å². The molecule has 1 aliphatic rings. The summed E-state index contributed by atoms with van der Waals surface area (Å²) in [6.07, 6.45) is 1.94. The van der Waals surface area contributed by atoms with Crippen LogP contribution in [0.3, 0.4) is 0 Å². The Morgan fingerprint density at radius 3 is 2.91 bits per heavy atom. The maximum atomic E-state index is 14.5. The van der Waals surface area contributed by atoms with Gasteiger partial charge >= 0.3 is 0 Å². The maximum absolute atomic E-state index is 14.5. The molecule has 1 aromatic carbocycles. The Morgan fingerprint density at radius 1 is 1.22 bits per heavy atom. The first-order valence-electron chi connectivity index (χ1n) is 9.75. The molecule has 4 heterocycles. The van der Waals surface area contributed by atoms with Gasteiger partial charge in [0.1, 0.15) is 23.3 Å². The Bertz CT molecular complexity index is 1380. The quantitative estimate of drug-likeness (QED) is 0.502. The van der Waals surface area contributed by atoms with E-state index >= 15 is 0 Å². The molecule has 0 fully saturated rings. The van der Waals surface area contributed by atoms with E-state index in [-0.39, 0.29) is 35.2 Å². The Morgan fingerprint density at radius 2 is 2.09 bits per heavy atom. The first-order chi connectivity index (χ1) is 15.6. The summed E-state index contributed by atoms with van der Waals surface area (Å²) in [5.41, 5.74) is 1.69. The number of aromatic nitrogens is 4. The first kappa shape index (κ1) is 19.8. The maximum Gasteiger partial charge on any atom is 0.280 e. The third kappa shape index (κ3) is 3.28. The van der Waals surface area contributed by atoms with Gasteiger partial charge in [0.25, 0.3) is 6.43 Å². The Balaban J connectivity index is 1.57. The van der Waals surface area contributed by atoms with E-state index in [9.17, 15) is 18.4 Å². The molecule has 0 saturated carbocycles. The van der Waals surface area contributed by atoms with E-state index in [0.717, 1.165) is 5.56 Å². The molecular weight excluding hydrogens is 421 g/mol. The number of alkyl halides is 2. The van der Waals surface area contributed by atoms with Crippen molar-refractivity contribution in [2.75, 3.05) is 11.9 Å². The normalized spacial score (nSPS) is 12.6. The number of nitriles is 1. The van der Waals surface area contributed by atoms with Gasteiger partial charge in [0, 0.05) is 47.6 Å². The van der Waals surface area contributed by atoms with E-state index in [1.165, 1.54) is 35.1 Å². The third-order valence-corrected chi connectivity index (χ3v) is 5.30. The number of ether oxygens (including phenoxy) is 1. The second-order valence-corrected chi connectivity index (χ2v) is 7.12. The molecular formula is C22H15F3N6O. The van der Waals surface area contributed by atoms with Crippen LogP contribution in [0.1, 0.15) is 28.9 Å². The summed E-state index contributed by atoms with van der Waals surface area (Å²) in [4.78, 5) is 12.4. The van der Waals surface area contributed by atoms with Crippen LogP contribution < -0.4 is 10.1 Å². The molecule has 0 unspecified atom stereocenters. The molecule has 1 aliphatic heterocycles. The molecule has 0 amide bonds. The van der Waals surface area contributed by atoms with Crippen molar-refractivity contribution < 1.29 is 17.9 Å². The number of fused-ring (bicyclic) bond motifs is 2. The van der Waals surface area contributed by atoms with Crippen LogP contribution in [0, 0.1) is 17.1 Å². The lowest BCUT2D eigenvalue weighted by molar-refractivity contribution is 0.147. The molecule has 0 radical (unpaired) electrons. The number of rotatable bonds is 5. The number of hydrogen-bond donors (Lipinski definition) is 1. The van der Waals surface area contributed by atoms with Gasteiger partial charge in [0.05, 0.1) is 12.8 Å². The summed E-state index contributed by atoms with van der Waals surface area (Å²) in [6.45, 7) is 0.614. The standard InChI is InChI=1S/C22H15F3N6O/c23-17-3-4-18-13(5-7-32-18)15(17)9-28-22-29-10-16(21-30-12(8-26)11-31(21)22)14-2-1-6-27-19(14)20(24)25/h1-4,6,10-11,20H,5,7,9H2,(H,28,29). The first-order valence-corrected chi connectivity index (χ1v) is 9.75. The van der Waals surface area contributed by atoms with Crippen LogP contribution in [0.25, 0.3) is 16.8 Å². The summed E-state index contributed by atoms with van der Waals surface area (Å²) >= 11 is 0. The van der Waals surface area contributed by atoms with Crippen molar-refractivity contribution in [1.29, 1.82) is 5.26 Å². The number of pyridine rings is 1. The number of nitrogens with one attached hydrogen (secondary N) is 1. The minimum absolute atomic E-state index is 0.0879. The van der Waals surface area contributed by atoms with E-state index in [2.05, 4.69) is 20.3 Å². The predicted molar refractivity (Wildman–Crippen MR) is 109 cm³/mol. The number of hydrogen-bond acceptors (Lipinski definition) is 6. The predicted octanol–water partition coefficient (Wildman–Crippen LogP) is 4.29. The molecule has 4 aromatic rings. The smallest absolute Gasteiger partial charge is 0.280 e. The van der Waals surface area contributed by atoms with Crippen molar-refractivity contribution in [3.63, 3.8) is 0 Å². The van der Waals surface area contributed by atoms with Crippen molar-refractivity contribution in [3.8, 4) is 22.9 Å². The molecule has 1 N–H and O–H groups in total. The van der Waals surface area contributed by atoms with Crippen LogP contribution in [0.4, 0.5) is 19.1 Å². The number of halogens is 3. The van der Waals surface area contributed by atoms with E-state index < -0.39 is 12.1 Å². The zero-order chi connectivity index (χ0) is 22.2. The largest absolute Gasteiger partial charge is 0.493 e. The van der Waals surface area contributed by atoms with Crippen molar-refractivity contribution in [3.05, 3.63) is 71.2 Å². The topological polar surface area (TPSA) is 88.1 Å². The second kappa shape index (κ2) is 7.85. The summed E-state index contributed by atoms with van der Waals surface area (Å²) in [6, 6.07) is 7.95. The SMILES string of the molecule is N#Cc1cn2c(NCc3c(F)ccc4c3CCO4)ncc(-c3cccnc3C(F)F)c2n1. The average molecular weight is 436 g/mol. The molecule has 0 atom stereocenters.